The normalized spacial score (nSPS) is 10.0. The molecule has 0 aromatic rings. The Hall–Kier alpha value is 1.66. The Morgan fingerprint density at radius 2 is 0.833 bits per heavy atom. The van der Waals surface area contributed by atoms with Crippen molar-refractivity contribution in [3.8, 4) is 0 Å². The van der Waals surface area contributed by atoms with Crippen LogP contribution < -0.4 is 0 Å². The summed E-state index contributed by atoms with van der Waals surface area (Å²) < 4.78 is 0. The molecule has 0 amide bonds. The van der Waals surface area contributed by atoms with E-state index in [0.717, 1.165) is 0 Å². The first kappa shape index (κ1) is 10.6. The summed E-state index contributed by atoms with van der Waals surface area (Å²) in [6.45, 7) is 0. The van der Waals surface area contributed by atoms with Crippen LogP contribution in [0.4, 0.5) is 0 Å². The molecule has 0 bridgehead atoms. The van der Waals surface area contributed by atoms with E-state index in [1.165, 1.54) is 0 Å². The van der Waals surface area contributed by atoms with Crippen molar-refractivity contribution >= 4 is 49.6 Å². The average Bonchev–Trinajstić information content (AvgIpc) is 0.722. The molecule has 0 aromatic heterocycles. The van der Waals surface area contributed by atoms with Crippen molar-refractivity contribution in [2.24, 2.45) is 0 Å². The summed E-state index contributed by atoms with van der Waals surface area (Å²) in [4.78, 5) is 0. The van der Waals surface area contributed by atoms with E-state index in [1.54, 1.807) is 0 Å². The molecule has 0 aromatic carbocycles. The predicted molar refractivity (Wildman–Crippen MR) is 32.8 cm³/mol. The van der Waals surface area contributed by atoms with Crippen LogP contribution in [-0.4, -0.2) is 15.0 Å². The molecule has 40 valence electrons. The maximum absolute atomic E-state index is 5.01. The molecular weight excluding hydrogens is 230 g/mol. The molecule has 0 saturated heterocycles. The van der Waals surface area contributed by atoms with Gasteiger partial charge in [0.15, 0.2) is 0 Å². The second-order valence-electron chi connectivity index (χ2n) is 0.429. The molecule has 0 radical (unpaired) electrons. The van der Waals surface area contributed by atoms with E-state index in [0.29, 0.717) is 0 Å². The summed E-state index contributed by atoms with van der Waals surface area (Å²) in [5.41, 5.74) is 0. The molecule has 6 heavy (non-hydrogen) atoms. The Morgan fingerprint density at radius 1 is 0.833 bits per heavy atom. The predicted octanol–water partition coefficient (Wildman–Crippen LogP) is 1.55. The molecule has 1 nitrogen and oxygen atoms in total. The van der Waals surface area contributed by atoms with Crippen molar-refractivity contribution in [2.75, 3.05) is 0 Å². The molecule has 0 rings (SSSR count). The molecule has 0 fully saturated rings. The first-order valence-electron chi connectivity index (χ1n) is 0.756. The van der Waals surface area contributed by atoms with Crippen LogP contribution in [0.1, 0.15) is 0 Å². The van der Waals surface area contributed by atoms with Crippen LogP contribution >= 0.6 is 40.0 Å². The quantitative estimate of drug-likeness (QED) is 0.568. The van der Waals surface area contributed by atoms with Crippen LogP contribution in [0.25, 0.3) is 0 Å². The third kappa shape index (κ3) is 44.5. The summed E-state index contributed by atoms with van der Waals surface area (Å²) >= 11 is 0. The molecule has 0 aliphatic carbocycles. The van der Waals surface area contributed by atoms with E-state index in [-0.39, 0.29) is 5.48 Å². The van der Waals surface area contributed by atoms with Gasteiger partial charge in [-0.05, 0) is 0 Å². The molecule has 0 aliphatic heterocycles. The van der Waals surface area contributed by atoms with Gasteiger partial charge in [-0.25, -0.2) is 0 Å². The van der Waals surface area contributed by atoms with Crippen LogP contribution in [0.15, 0.2) is 0 Å². The molecule has 0 saturated carbocycles. The van der Waals surface area contributed by atoms with Gasteiger partial charge in [-0.3, -0.25) is 0 Å². The Balaban J connectivity index is 0. The van der Waals surface area contributed by atoms with Gasteiger partial charge in [0, 0.05) is 0 Å². The molecule has 0 unspecified atom stereocenters. The second-order valence-corrected chi connectivity index (χ2v) is 20.0. The van der Waals surface area contributed by atoms with E-state index < -0.39 is 9.55 Å². The molecule has 0 aliphatic rings. The molecular formula is H2Cl4GeO. The van der Waals surface area contributed by atoms with Gasteiger partial charge in [-0.2, -0.15) is 0 Å². The van der Waals surface area contributed by atoms with Crippen LogP contribution in [0.2, 0.25) is 0 Å². The SMILES string of the molecule is O.[Cl][Ge]([Cl])([Cl])[Cl]. The molecule has 0 spiro atoms. The van der Waals surface area contributed by atoms with Gasteiger partial charge in [-0.15, -0.1) is 0 Å². The summed E-state index contributed by atoms with van der Waals surface area (Å²) in [7, 11) is 16.9. The number of hydrogen-bond acceptors (Lipinski definition) is 0. The summed E-state index contributed by atoms with van der Waals surface area (Å²) in [6, 6.07) is 0. The fourth-order valence-electron chi connectivity index (χ4n) is 0. The van der Waals surface area contributed by atoms with Gasteiger partial charge >= 0.3 is 49.6 Å². The van der Waals surface area contributed by atoms with Gasteiger partial charge in [-0.1, -0.05) is 0 Å². The van der Waals surface area contributed by atoms with Crippen molar-refractivity contribution in [2.45, 2.75) is 0 Å². The van der Waals surface area contributed by atoms with E-state index in [4.69, 9.17) is 40.0 Å². The first-order chi connectivity index (χ1) is 2.00. The number of rotatable bonds is 0. The van der Waals surface area contributed by atoms with Gasteiger partial charge in [0.25, 0.3) is 0 Å². The van der Waals surface area contributed by atoms with Crippen molar-refractivity contribution in [3.05, 3.63) is 0 Å². The van der Waals surface area contributed by atoms with Crippen molar-refractivity contribution in [1.82, 2.24) is 0 Å². The third-order valence-corrected chi connectivity index (χ3v) is 0. The Kier molecular flexibility index (Phi) is 6.43. The van der Waals surface area contributed by atoms with Gasteiger partial charge < -0.3 is 5.48 Å². The average molecular weight is 232 g/mol. The van der Waals surface area contributed by atoms with Gasteiger partial charge in [0.2, 0.25) is 0 Å². The summed E-state index contributed by atoms with van der Waals surface area (Å²) in [5.74, 6) is 0. The Morgan fingerprint density at radius 3 is 0.833 bits per heavy atom. The van der Waals surface area contributed by atoms with E-state index in [1.807, 2.05) is 0 Å². The monoisotopic (exact) mass is 232 g/mol. The van der Waals surface area contributed by atoms with Crippen LogP contribution in [0.3, 0.4) is 0 Å². The Bertz CT molecular complexity index is 23.0. The fourth-order valence-corrected chi connectivity index (χ4v) is 0. The Labute approximate surface area is 54.9 Å². The number of halogens is 4. The van der Waals surface area contributed by atoms with Crippen molar-refractivity contribution in [3.63, 3.8) is 0 Å². The maximum atomic E-state index is 5.01. The van der Waals surface area contributed by atoms with Crippen molar-refractivity contribution < 1.29 is 5.48 Å². The fraction of sp³-hybridized carbons (Fsp3) is 0. The zero-order valence-electron chi connectivity index (χ0n) is 2.51. The second kappa shape index (κ2) is 3.64. The van der Waals surface area contributed by atoms with E-state index in [9.17, 15) is 0 Å². The third-order valence-electron chi connectivity index (χ3n) is 0. The molecule has 6 heteroatoms. The number of hydrogen-bond donors (Lipinski definition) is 0. The minimum atomic E-state index is -3.11. The molecule has 2 N–H and O–H groups in total. The standard InChI is InChI=1S/Cl4Ge.H2O/c1-5(2,3)4;/h;1H2. The van der Waals surface area contributed by atoms with Crippen molar-refractivity contribution in [1.29, 1.82) is 0 Å². The molecule has 0 atom stereocenters. The minimum absolute atomic E-state index is 0. The topological polar surface area (TPSA) is 31.5 Å². The van der Waals surface area contributed by atoms with E-state index >= 15 is 0 Å². The first-order valence-corrected chi connectivity index (χ1v) is 11.8. The van der Waals surface area contributed by atoms with Crippen LogP contribution in [0, 0.1) is 0 Å². The van der Waals surface area contributed by atoms with Crippen LogP contribution in [-0.2, 0) is 0 Å². The zero-order valence-corrected chi connectivity index (χ0v) is 7.63. The van der Waals surface area contributed by atoms with Gasteiger partial charge in [0.1, 0.15) is 0 Å². The van der Waals surface area contributed by atoms with Gasteiger partial charge in [0.05, 0.1) is 0 Å². The molecule has 0 heterocycles. The summed E-state index contributed by atoms with van der Waals surface area (Å²) in [5, 5.41) is 0. The zero-order chi connectivity index (χ0) is 4.50. The van der Waals surface area contributed by atoms with E-state index in [2.05, 4.69) is 0 Å². The van der Waals surface area contributed by atoms with Crippen LogP contribution in [0.5, 0.6) is 0 Å². The summed E-state index contributed by atoms with van der Waals surface area (Å²) in [6.07, 6.45) is 0.